The SMILES string of the molecule is Cc1ccc(CN(C)C(=O)CN(C)C2CCC(N)CC2)o1. The Morgan fingerprint density at radius 2 is 1.95 bits per heavy atom. The van der Waals surface area contributed by atoms with Gasteiger partial charge in [0.2, 0.25) is 5.91 Å². The molecule has 1 aliphatic rings. The summed E-state index contributed by atoms with van der Waals surface area (Å²) in [6.45, 7) is 2.89. The molecule has 1 amide bonds. The molecule has 2 N–H and O–H groups in total. The van der Waals surface area contributed by atoms with E-state index in [1.165, 1.54) is 0 Å². The second kappa shape index (κ2) is 7.09. The monoisotopic (exact) mass is 293 g/mol. The molecular formula is C16H27N3O2. The lowest BCUT2D eigenvalue weighted by molar-refractivity contribution is -0.132. The number of carbonyl (C=O) groups is 1. The average Bonchev–Trinajstić information content (AvgIpc) is 2.84. The summed E-state index contributed by atoms with van der Waals surface area (Å²) >= 11 is 0. The van der Waals surface area contributed by atoms with E-state index < -0.39 is 0 Å². The third-order valence-corrected chi connectivity index (χ3v) is 4.36. The maximum Gasteiger partial charge on any atom is 0.236 e. The van der Waals surface area contributed by atoms with Gasteiger partial charge in [0.05, 0.1) is 13.1 Å². The molecule has 0 aromatic carbocycles. The number of rotatable bonds is 5. The first kappa shape index (κ1) is 16.0. The van der Waals surface area contributed by atoms with Crippen LogP contribution in [0.5, 0.6) is 0 Å². The van der Waals surface area contributed by atoms with Crippen LogP contribution in [0.15, 0.2) is 16.5 Å². The van der Waals surface area contributed by atoms with Crippen LogP contribution >= 0.6 is 0 Å². The fourth-order valence-corrected chi connectivity index (χ4v) is 2.90. The van der Waals surface area contributed by atoms with Crippen molar-refractivity contribution in [3.8, 4) is 0 Å². The lowest BCUT2D eigenvalue weighted by Gasteiger charge is -2.33. The summed E-state index contributed by atoms with van der Waals surface area (Å²) in [6.07, 6.45) is 4.30. The van der Waals surface area contributed by atoms with Crippen LogP contribution in [0.2, 0.25) is 0 Å². The minimum Gasteiger partial charge on any atom is -0.464 e. The van der Waals surface area contributed by atoms with E-state index in [0.717, 1.165) is 37.2 Å². The first-order chi connectivity index (χ1) is 9.95. The Morgan fingerprint density at radius 1 is 1.29 bits per heavy atom. The number of aryl methyl sites for hydroxylation is 1. The molecule has 5 nitrogen and oxygen atoms in total. The first-order valence-electron chi connectivity index (χ1n) is 7.71. The molecule has 0 saturated heterocycles. The molecular weight excluding hydrogens is 266 g/mol. The van der Waals surface area contributed by atoms with Crippen LogP contribution in [-0.2, 0) is 11.3 Å². The fraction of sp³-hybridized carbons (Fsp3) is 0.688. The van der Waals surface area contributed by atoms with Crippen molar-refractivity contribution in [3.05, 3.63) is 23.7 Å². The summed E-state index contributed by atoms with van der Waals surface area (Å²) in [5, 5.41) is 0. The third-order valence-electron chi connectivity index (χ3n) is 4.36. The summed E-state index contributed by atoms with van der Waals surface area (Å²) in [5.41, 5.74) is 5.93. The van der Waals surface area contributed by atoms with Crippen molar-refractivity contribution < 1.29 is 9.21 Å². The van der Waals surface area contributed by atoms with Gasteiger partial charge in [0.25, 0.3) is 0 Å². The molecule has 1 aromatic rings. The maximum absolute atomic E-state index is 12.3. The van der Waals surface area contributed by atoms with E-state index in [1.54, 1.807) is 4.90 Å². The van der Waals surface area contributed by atoms with Crippen LogP contribution in [0, 0.1) is 6.92 Å². The fourth-order valence-electron chi connectivity index (χ4n) is 2.90. The quantitative estimate of drug-likeness (QED) is 0.898. The van der Waals surface area contributed by atoms with E-state index in [2.05, 4.69) is 4.90 Å². The van der Waals surface area contributed by atoms with E-state index in [9.17, 15) is 4.79 Å². The molecule has 5 heteroatoms. The highest BCUT2D eigenvalue weighted by Crippen LogP contribution is 2.21. The van der Waals surface area contributed by atoms with Crippen molar-refractivity contribution in [3.63, 3.8) is 0 Å². The number of furan rings is 1. The number of hydrogen-bond donors (Lipinski definition) is 1. The Labute approximate surface area is 127 Å². The molecule has 1 fully saturated rings. The molecule has 0 unspecified atom stereocenters. The van der Waals surface area contributed by atoms with Crippen LogP contribution in [0.25, 0.3) is 0 Å². The van der Waals surface area contributed by atoms with Gasteiger partial charge in [-0.3, -0.25) is 9.69 Å². The van der Waals surface area contributed by atoms with E-state index in [0.29, 0.717) is 25.2 Å². The van der Waals surface area contributed by atoms with Gasteiger partial charge in [0.15, 0.2) is 0 Å². The van der Waals surface area contributed by atoms with Gasteiger partial charge in [-0.05, 0) is 51.8 Å². The minimum atomic E-state index is 0.126. The molecule has 1 aliphatic carbocycles. The van der Waals surface area contributed by atoms with Gasteiger partial charge in [-0.25, -0.2) is 0 Å². The smallest absolute Gasteiger partial charge is 0.236 e. The molecule has 0 atom stereocenters. The summed E-state index contributed by atoms with van der Waals surface area (Å²) in [4.78, 5) is 16.2. The van der Waals surface area contributed by atoms with E-state index >= 15 is 0 Å². The normalized spacial score (nSPS) is 22.5. The van der Waals surface area contributed by atoms with Gasteiger partial charge in [-0.15, -0.1) is 0 Å². The molecule has 118 valence electrons. The second-order valence-electron chi connectivity index (χ2n) is 6.25. The number of nitrogens with two attached hydrogens (primary N) is 1. The van der Waals surface area contributed by atoms with Gasteiger partial charge in [-0.1, -0.05) is 0 Å². The van der Waals surface area contributed by atoms with Crippen molar-refractivity contribution in [1.82, 2.24) is 9.80 Å². The average molecular weight is 293 g/mol. The molecule has 0 spiro atoms. The number of carbonyl (C=O) groups excluding carboxylic acids is 1. The summed E-state index contributed by atoms with van der Waals surface area (Å²) in [6, 6.07) is 4.67. The highest BCUT2D eigenvalue weighted by Gasteiger charge is 2.24. The van der Waals surface area contributed by atoms with Gasteiger partial charge in [0, 0.05) is 19.1 Å². The largest absolute Gasteiger partial charge is 0.464 e. The molecule has 1 heterocycles. The summed E-state index contributed by atoms with van der Waals surface area (Å²) in [5.74, 6) is 1.83. The zero-order valence-corrected chi connectivity index (χ0v) is 13.3. The van der Waals surface area contributed by atoms with Crippen molar-refractivity contribution >= 4 is 5.91 Å². The van der Waals surface area contributed by atoms with Gasteiger partial charge < -0.3 is 15.1 Å². The van der Waals surface area contributed by atoms with Crippen molar-refractivity contribution in [1.29, 1.82) is 0 Å². The topological polar surface area (TPSA) is 62.7 Å². The lowest BCUT2D eigenvalue weighted by Crippen LogP contribution is -2.44. The zero-order chi connectivity index (χ0) is 15.4. The van der Waals surface area contributed by atoms with E-state index in [1.807, 2.05) is 33.2 Å². The molecule has 0 radical (unpaired) electrons. The Bertz CT molecular complexity index is 464. The predicted octanol–water partition coefficient (Wildman–Crippen LogP) is 1.75. The van der Waals surface area contributed by atoms with Gasteiger partial charge >= 0.3 is 0 Å². The molecule has 0 aliphatic heterocycles. The van der Waals surface area contributed by atoms with Crippen LogP contribution in [-0.4, -0.2) is 48.4 Å². The molecule has 21 heavy (non-hydrogen) atoms. The van der Waals surface area contributed by atoms with Gasteiger partial charge in [-0.2, -0.15) is 0 Å². The lowest BCUT2D eigenvalue weighted by atomic mass is 9.91. The van der Waals surface area contributed by atoms with Crippen LogP contribution in [0.3, 0.4) is 0 Å². The molecule has 1 saturated carbocycles. The Kier molecular flexibility index (Phi) is 5.42. The molecule has 1 aromatic heterocycles. The first-order valence-corrected chi connectivity index (χ1v) is 7.71. The number of nitrogens with zero attached hydrogens (tertiary/aromatic N) is 2. The standard InChI is InChI=1S/C16H27N3O2/c1-12-4-9-15(21-12)10-19(3)16(20)11-18(2)14-7-5-13(17)6-8-14/h4,9,13-14H,5-8,10-11,17H2,1-3H3. The van der Waals surface area contributed by atoms with Crippen molar-refractivity contribution in [2.45, 2.75) is 51.2 Å². The molecule has 2 rings (SSSR count). The predicted molar refractivity (Wildman–Crippen MR) is 82.8 cm³/mol. The highest BCUT2D eigenvalue weighted by atomic mass is 16.3. The second-order valence-corrected chi connectivity index (χ2v) is 6.25. The van der Waals surface area contributed by atoms with Gasteiger partial charge in [0.1, 0.15) is 11.5 Å². The van der Waals surface area contributed by atoms with E-state index in [-0.39, 0.29) is 5.91 Å². The summed E-state index contributed by atoms with van der Waals surface area (Å²) in [7, 11) is 3.86. The third kappa shape index (κ3) is 4.58. The zero-order valence-electron chi connectivity index (χ0n) is 13.3. The van der Waals surface area contributed by atoms with Crippen LogP contribution < -0.4 is 5.73 Å². The van der Waals surface area contributed by atoms with Crippen LogP contribution in [0.1, 0.15) is 37.2 Å². The van der Waals surface area contributed by atoms with Crippen molar-refractivity contribution in [2.75, 3.05) is 20.6 Å². The molecule has 0 bridgehead atoms. The Morgan fingerprint density at radius 3 is 2.52 bits per heavy atom. The minimum absolute atomic E-state index is 0.126. The Balaban J connectivity index is 1.79. The number of likely N-dealkylation sites (N-methyl/N-ethyl adjacent to an activating group) is 2. The van der Waals surface area contributed by atoms with E-state index in [4.69, 9.17) is 10.2 Å². The number of hydrogen-bond acceptors (Lipinski definition) is 4. The Hall–Kier alpha value is -1.33. The highest BCUT2D eigenvalue weighted by molar-refractivity contribution is 5.77. The van der Waals surface area contributed by atoms with Crippen LogP contribution in [0.4, 0.5) is 0 Å². The number of amides is 1. The maximum atomic E-state index is 12.3. The summed E-state index contributed by atoms with van der Waals surface area (Å²) < 4.78 is 5.52. The van der Waals surface area contributed by atoms with Crippen molar-refractivity contribution in [2.24, 2.45) is 5.73 Å².